The third kappa shape index (κ3) is 3.19. The molecule has 25 heavy (non-hydrogen) atoms. The summed E-state index contributed by atoms with van der Waals surface area (Å²) in [4.78, 5) is 20.8. The number of piperazine rings is 1. The van der Waals surface area contributed by atoms with E-state index in [0.29, 0.717) is 13.0 Å². The molecular weight excluding hydrogens is 318 g/mol. The van der Waals surface area contributed by atoms with Crippen molar-refractivity contribution in [3.63, 3.8) is 0 Å². The van der Waals surface area contributed by atoms with E-state index in [1.165, 1.54) is 0 Å². The van der Waals surface area contributed by atoms with E-state index in [9.17, 15) is 4.79 Å². The zero-order valence-corrected chi connectivity index (χ0v) is 14.2. The van der Waals surface area contributed by atoms with Crippen LogP contribution < -0.4 is 4.90 Å². The number of imidazole rings is 1. The van der Waals surface area contributed by atoms with Crippen molar-refractivity contribution in [1.29, 1.82) is 0 Å². The van der Waals surface area contributed by atoms with Gasteiger partial charge in [-0.3, -0.25) is 9.48 Å². The van der Waals surface area contributed by atoms with Gasteiger partial charge in [0.2, 0.25) is 5.91 Å². The number of rotatable bonds is 4. The van der Waals surface area contributed by atoms with Crippen LogP contribution in [0, 0.1) is 6.92 Å². The summed E-state index contributed by atoms with van der Waals surface area (Å²) in [7, 11) is 0. The number of aromatic nitrogens is 5. The van der Waals surface area contributed by atoms with E-state index in [0.717, 1.165) is 43.3 Å². The monoisotopic (exact) mass is 339 g/mol. The maximum absolute atomic E-state index is 12.4. The van der Waals surface area contributed by atoms with Gasteiger partial charge in [-0.25, -0.2) is 9.50 Å². The van der Waals surface area contributed by atoms with Gasteiger partial charge in [0.1, 0.15) is 5.82 Å². The highest BCUT2D eigenvalue weighted by Gasteiger charge is 2.22. The van der Waals surface area contributed by atoms with Gasteiger partial charge in [0.15, 0.2) is 5.65 Å². The summed E-state index contributed by atoms with van der Waals surface area (Å²) in [5.74, 6) is 1.11. The molecule has 3 aromatic heterocycles. The lowest BCUT2D eigenvalue weighted by Crippen LogP contribution is -2.49. The minimum Gasteiger partial charge on any atom is -0.352 e. The Kier molecular flexibility index (Phi) is 4.09. The lowest BCUT2D eigenvalue weighted by atomic mass is 10.2. The van der Waals surface area contributed by atoms with Gasteiger partial charge in [-0.1, -0.05) is 0 Å². The molecule has 1 fully saturated rings. The van der Waals surface area contributed by atoms with E-state index in [1.54, 1.807) is 16.9 Å². The zero-order valence-electron chi connectivity index (χ0n) is 14.2. The van der Waals surface area contributed by atoms with Crippen LogP contribution in [0.4, 0.5) is 5.82 Å². The van der Waals surface area contributed by atoms with Gasteiger partial charge in [0.05, 0.1) is 0 Å². The van der Waals surface area contributed by atoms with Crippen LogP contribution in [0.25, 0.3) is 5.65 Å². The van der Waals surface area contributed by atoms with Crippen LogP contribution >= 0.6 is 0 Å². The first-order valence-corrected chi connectivity index (χ1v) is 8.52. The van der Waals surface area contributed by atoms with Crippen LogP contribution in [0.2, 0.25) is 0 Å². The van der Waals surface area contributed by atoms with Gasteiger partial charge in [-0.05, 0) is 25.1 Å². The van der Waals surface area contributed by atoms with E-state index in [1.807, 2.05) is 40.9 Å². The highest BCUT2D eigenvalue weighted by atomic mass is 16.2. The molecule has 4 rings (SSSR count). The van der Waals surface area contributed by atoms with Crippen molar-refractivity contribution in [1.82, 2.24) is 29.3 Å². The third-order valence-corrected chi connectivity index (χ3v) is 4.66. The summed E-state index contributed by atoms with van der Waals surface area (Å²) < 4.78 is 3.65. The Bertz CT molecular complexity index is 876. The topological polar surface area (TPSA) is 71.6 Å². The summed E-state index contributed by atoms with van der Waals surface area (Å²) in [5, 5.41) is 8.80. The molecule has 1 saturated heterocycles. The van der Waals surface area contributed by atoms with Crippen molar-refractivity contribution in [3.05, 3.63) is 42.5 Å². The summed E-state index contributed by atoms with van der Waals surface area (Å²) >= 11 is 0. The molecule has 4 heterocycles. The molecule has 0 unspecified atom stereocenters. The van der Waals surface area contributed by atoms with Crippen LogP contribution in [-0.2, 0) is 11.3 Å². The summed E-state index contributed by atoms with van der Waals surface area (Å²) in [6, 6.07) is 5.90. The first kappa shape index (κ1) is 15.6. The number of nitrogens with zero attached hydrogens (tertiary/aromatic N) is 7. The van der Waals surface area contributed by atoms with Crippen molar-refractivity contribution in [2.75, 3.05) is 31.1 Å². The highest BCUT2D eigenvalue weighted by Crippen LogP contribution is 2.15. The number of anilines is 1. The van der Waals surface area contributed by atoms with Gasteiger partial charge >= 0.3 is 0 Å². The molecule has 0 radical (unpaired) electrons. The largest absolute Gasteiger partial charge is 0.352 e. The number of aryl methyl sites for hydroxylation is 2. The second-order valence-electron chi connectivity index (χ2n) is 6.24. The molecule has 130 valence electrons. The molecule has 0 bridgehead atoms. The number of carbonyl (C=O) groups is 1. The van der Waals surface area contributed by atoms with Crippen molar-refractivity contribution < 1.29 is 4.79 Å². The van der Waals surface area contributed by atoms with Crippen LogP contribution in [0.15, 0.2) is 36.8 Å². The van der Waals surface area contributed by atoms with Crippen molar-refractivity contribution in [2.45, 2.75) is 19.9 Å². The molecule has 8 heteroatoms. The molecule has 0 saturated carbocycles. The average molecular weight is 339 g/mol. The van der Waals surface area contributed by atoms with Crippen molar-refractivity contribution in [3.8, 4) is 0 Å². The molecule has 0 aromatic carbocycles. The molecule has 0 atom stereocenters. The molecular formula is C17H21N7O. The molecule has 1 aliphatic heterocycles. The first-order chi connectivity index (χ1) is 12.2. The smallest absolute Gasteiger partial charge is 0.224 e. The fourth-order valence-electron chi connectivity index (χ4n) is 3.15. The molecule has 0 aliphatic carbocycles. The zero-order chi connectivity index (χ0) is 17.2. The molecule has 1 amide bonds. The average Bonchev–Trinajstić information content (AvgIpc) is 3.27. The van der Waals surface area contributed by atoms with Gasteiger partial charge in [-0.15, -0.1) is 5.10 Å². The third-order valence-electron chi connectivity index (χ3n) is 4.66. The summed E-state index contributed by atoms with van der Waals surface area (Å²) in [6.07, 6.45) is 5.84. The summed E-state index contributed by atoms with van der Waals surface area (Å²) in [5.41, 5.74) is 1.92. The van der Waals surface area contributed by atoms with E-state index >= 15 is 0 Å². The Morgan fingerprint density at radius 1 is 1.12 bits per heavy atom. The van der Waals surface area contributed by atoms with Gasteiger partial charge < -0.3 is 9.80 Å². The maximum atomic E-state index is 12.4. The molecule has 0 spiro atoms. The maximum Gasteiger partial charge on any atom is 0.224 e. The van der Waals surface area contributed by atoms with Gasteiger partial charge in [0, 0.05) is 63.4 Å². The fourth-order valence-corrected chi connectivity index (χ4v) is 3.15. The van der Waals surface area contributed by atoms with Crippen LogP contribution in [0.5, 0.6) is 0 Å². The van der Waals surface area contributed by atoms with E-state index in [4.69, 9.17) is 0 Å². The van der Waals surface area contributed by atoms with Crippen LogP contribution in [-0.4, -0.2) is 61.4 Å². The Morgan fingerprint density at radius 2 is 1.96 bits per heavy atom. The van der Waals surface area contributed by atoms with Crippen LogP contribution in [0.1, 0.15) is 12.1 Å². The first-order valence-electron chi connectivity index (χ1n) is 8.52. The standard InChI is InChI=1S/C17H21N7O/c1-14-4-6-19-23(14)8-5-17(25)22-12-10-21(11-13-22)16-3-2-15-18-7-9-24(15)20-16/h2-4,6-7,9H,5,8,10-13H2,1H3. The Labute approximate surface area is 145 Å². The Morgan fingerprint density at radius 3 is 2.72 bits per heavy atom. The number of hydrogen-bond acceptors (Lipinski definition) is 5. The lowest BCUT2D eigenvalue weighted by Gasteiger charge is -2.35. The minimum absolute atomic E-state index is 0.188. The van der Waals surface area contributed by atoms with E-state index < -0.39 is 0 Å². The predicted molar refractivity (Wildman–Crippen MR) is 93.4 cm³/mol. The minimum atomic E-state index is 0.188. The number of carbonyl (C=O) groups excluding carboxylic acids is 1. The molecule has 3 aromatic rings. The van der Waals surface area contributed by atoms with E-state index in [-0.39, 0.29) is 5.91 Å². The van der Waals surface area contributed by atoms with Crippen molar-refractivity contribution in [2.24, 2.45) is 0 Å². The fraction of sp³-hybridized carbons (Fsp3) is 0.412. The highest BCUT2D eigenvalue weighted by molar-refractivity contribution is 5.76. The second-order valence-corrected chi connectivity index (χ2v) is 6.24. The predicted octanol–water partition coefficient (Wildman–Crippen LogP) is 0.973. The number of amides is 1. The number of hydrogen-bond donors (Lipinski definition) is 0. The second kappa shape index (κ2) is 6.54. The summed E-state index contributed by atoms with van der Waals surface area (Å²) in [6.45, 7) is 5.66. The Balaban J connectivity index is 1.33. The normalized spacial score (nSPS) is 15.1. The van der Waals surface area contributed by atoms with Crippen molar-refractivity contribution >= 4 is 17.4 Å². The van der Waals surface area contributed by atoms with Crippen LogP contribution in [0.3, 0.4) is 0 Å². The lowest BCUT2D eigenvalue weighted by molar-refractivity contribution is -0.131. The molecule has 1 aliphatic rings. The molecule has 0 N–H and O–H groups in total. The quantitative estimate of drug-likeness (QED) is 0.708. The molecule has 8 nitrogen and oxygen atoms in total. The van der Waals surface area contributed by atoms with Gasteiger partial charge in [-0.2, -0.15) is 5.10 Å². The SMILES string of the molecule is Cc1ccnn1CCC(=O)N1CCN(c2ccc3nccn3n2)CC1. The van der Waals surface area contributed by atoms with Gasteiger partial charge in [0.25, 0.3) is 0 Å². The number of fused-ring (bicyclic) bond motifs is 1. The Hall–Kier alpha value is -2.90. The van der Waals surface area contributed by atoms with E-state index in [2.05, 4.69) is 20.1 Å².